The standard InChI is InChI=1S/C19H30N2O3/c1-19(2,3)24-14-17-6-4-5-16(11-17)12-20-18(23)21-9-7-15(13-22)8-10-21/h4-6,11,15,22H,7-10,12-14H2,1-3H3,(H,20,23). The van der Waals surface area contributed by atoms with Crippen molar-refractivity contribution in [2.24, 2.45) is 5.92 Å². The summed E-state index contributed by atoms with van der Waals surface area (Å²) in [5.74, 6) is 0.341. The van der Waals surface area contributed by atoms with Gasteiger partial charge in [-0.05, 0) is 50.7 Å². The van der Waals surface area contributed by atoms with Crippen LogP contribution in [0.15, 0.2) is 24.3 Å². The number of likely N-dealkylation sites (tertiary alicyclic amines) is 1. The van der Waals surface area contributed by atoms with Gasteiger partial charge in [0, 0.05) is 26.2 Å². The molecule has 1 aliphatic rings. The van der Waals surface area contributed by atoms with Gasteiger partial charge in [0.2, 0.25) is 0 Å². The zero-order chi connectivity index (χ0) is 17.6. The Bertz CT molecular complexity index is 532. The minimum Gasteiger partial charge on any atom is -0.396 e. The van der Waals surface area contributed by atoms with Gasteiger partial charge in [0.05, 0.1) is 12.2 Å². The maximum atomic E-state index is 12.2. The van der Waals surface area contributed by atoms with E-state index in [1.165, 1.54) is 0 Å². The molecule has 0 radical (unpaired) electrons. The van der Waals surface area contributed by atoms with Crippen molar-refractivity contribution in [2.45, 2.75) is 52.4 Å². The second-order valence-electron chi connectivity index (χ2n) is 7.49. The number of nitrogens with one attached hydrogen (secondary N) is 1. The molecular weight excluding hydrogens is 304 g/mol. The summed E-state index contributed by atoms with van der Waals surface area (Å²) in [4.78, 5) is 14.1. The van der Waals surface area contributed by atoms with E-state index in [-0.39, 0.29) is 18.2 Å². The van der Waals surface area contributed by atoms with Crippen molar-refractivity contribution in [3.8, 4) is 0 Å². The third-order valence-corrected chi connectivity index (χ3v) is 4.27. The number of urea groups is 1. The number of amides is 2. The van der Waals surface area contributed by atoms with E-state index in [1.54, 1.807) is 0 Å². The second kappa shape index (κ2) is 8.49. The van der Waals surface area contributed by atoms with Crippen LogP contribution in [0.3, 0.4) is 0 Å². The number of aliphatic hydroxyl groups is 1. The summed E-state index contributed by atoms with van der Waals surface area (Å²) in [5.41, 5.74) is 2.02. The van der Waals surface area contributed by atoms with Gasteiger partial charge in [-0.25, -0.2) is 4.79 Å². The predicted molar refractivity (Wildman–Crippen MR) is 94.6 cm³/mol. The number of carbonyl (C=O) groups excluding carboxylic acids is 1. The molecule has 0 aromatic heterocycles. The third kappa shape index (κ3) is 6.13. The molecule has 24 heavy (non-hydrogen) atoms. The molecule has 0 unspecified atom stereocenters. The highest BCUT2D eigenvalue weighted by atomic mass is 16.5. The summed E-state index contributed by atoms with van der Waals surface area (Å²) in [7, 11) is 0. The molecule has 5 nitrogen and oxygen atoms in total. The van der Waals surface area contributed by atoms with Crippen LogP contribution in [0.1, 0.15) is 44.7 Å². The lowest BCUT2D eigenvalue weighted by Gasteiger charge is -2.31. The quantitative estimate of drug-likeness (QED) is 0.870. The van der Waals surface area contributed by atoms with Crippen LogP contribution in [-0.2, 0) is 17.9 Å². The van der Waals surface area contributed by atoms with Crippen molar-refractivity contribution < 1.29 is 14.6 Å². The number of nitrogens with zero attached hydrogens (tertiary/aromatic N) is 1. The Labute approximate surface area is 145 Å². The van der Waals surface area contributed by atoms with Gasteiger partial charge in [-0.1, -0.05) is 24.3 Å². The smallest absolute Gasteiger partial charge is 0.317 e. The van der Waals surface area contributed by atoms with Gasteiger partial charge < -0.3 is 20.1 Å². The zero-order valence-corrected chi connectivity index (χ0v) is 15.0. The number of rotatable bonds is 5. The van der Waals surface area contributed by atoms with Gasteiger partial charge in [0.25, 0.3) is 0 Å². The highest BCUT2D eigenvalue weighted by Gasteiger charge is 2.21. The highest BCUT2D eigenvalue weighted by Crippen LogP contribution is 2.16. The van der Waals surface area contributed by atoms with Crippen LogP contribution in [0.2, 0.25) is 0 Å². The molecule has 2 N–H and O–H groups in total. The normalized spacial score (nSPS) is 16.2. The van der Waals surface area contributed by atoms with Crippen molar-refractivity contribution in [3.05, 3.63) is 35.4 Å². The molecule has 0 bridgehead atoms. The molecule has 0 aliphatic carbocycles. The largest absolute Gasteiger partial charge is 0.396 e. The Morgan fingerprint density at radius 3 is 2.58 bits per heavy atom. The monoisotopic (exact) mass is 334 g/mol. The lowest BCUT2D eigenvalue weighted by atomic mass is 9.98. The van der Waals surface area contributed by atoms with E-state index in [2.05, 4.69) is 11.4 Å². The van der Waals surface area contributed by atoms with Gasteiger partial charge >= 0.3 is 6.03 Å². The van der Waals surface area contributed by atoms with E-state index < -0.39 is 0 Å². The summed E-state index contributed by atoms with van der Waals surface area (Å²) in [6, 6.07) is 8.09. The predicted octanol–water partition coefficient (Wildman–Crippen LogP) is 2.92. The maximum absolute atomic E-state index is 12.2. The number of hydrogen-bond acceptors (Lipinski definition) is 3. The van der Waals surface area contributed by atoms with Crippen LogP contribution in [-0.4, -0.2) is 41.3 Å². The lowest BCUT2D eigenvalue weighted by molar-refractivity contribution is -0.0149. The molecule has 0 saturated carbocycles. The van der Waals surface area contributed by atoms with E-state index in [4.69, 9.17) is 9.84 Å². The number of ether oxygens (including phenoxy) is 1. The Morgan fingerprint density at radius 2 is 1.96 bits per heavy atom. The summed E-state index contributed by atoms with van der Waals surface area (Å²) < 4.78 is 5.80. The minimum atomic E-state index is -0.162. The molecular formula is C19H30N2O3. The number of carbonyl (C=O) groups is 1. The van der Waals surface area contributed by atoms with E-state index in [0.29, 0.717) is 19.1 Å². The lowest BCUT2D eigenvalue weighted by Crippen LogP contribution is -2.44. The van der Waals surface area contributed by atoms with E-state index >= 15 is 0 Å². The molecule has 1 fully saturated rings. The van der Waals surface area contributed by atoms with Crippen LogP contribution in [0.4, 0.5) is 4.79 Å². The fraction of sp³-hybridized carbons (Fsp3) is 0.632. The topological polar surface area (TPSA) is 61.8 Å². The average molecular weight is 334 g/mol. The van der Waals surface area contributed by atoms with Crippen molar-refractivity contribution >= 4 is 6.03 Å². The third-order valence-electron chi connectivity index (χ3n) is 4.27. The summed E-state index contributed by atoms with van der Waals surface area (Å²) in [6.45, 7) is 8.86. The number of benzene rings is 1. The molecule has 1 aromatic rings. The number of piperidine rings is 1. The van der Waals surface area contributed by atoms with Crippen LogP contribution >= 0.6 is 0 Å². The maximum Gasteiger partial charge on any atom is 0.317 e. The van der Waals surface area contributed by atoms with Crippen molar-refractivity contribution in [2.75, 3.05) is 19.7 Å². The van der Waals surface area contributed by atoms with Crippen LogP contribution in [0.5, 0.6) is 0 Å². The van der Waals surface area contributed by atoms with Gasteiger partial charge in [0.15, 0.2) is 0 Å². The Morgan fingerprint density at radius 1 is 1.29 bits per heavy atom. The fourth-order valence-corrected chi connectivity index (χ4v) is 2.74. The first-order valence-corrected chi connectivity index (χ1v) is 8.73. The zero-order valence-electron chi connectivity index (χ0n) is 15.0. The van der Waals surface area contributed by atoms with Gasteiger partial charge in [-0.3, -0.25) is 0 Å². The van der Waals surface area contributed by atoms with Crippen LogP contribution < -0.4 is 5.32 Å². The average Bonchev–Trinajstić information content (AvgIpc) is 2.58. The molecule has 0 atom stereocenters. The second-order valence-corrected chi connectivity index (χ2v) is 7.49. The van der Waals surface area contributed by atoms with Gasteiger partial charge in [-0.15, -0.1) is 0 Å². The van der Waals surface area contributed by atoms with E-state index in [0.717, 1.165) is 37.1 Å². The van der Waals surface area contributed by atoms with Crippen molar-refractivity contribution in [1.29, 1.82) is 0 Å². The highest BCUT2D eigenvalue weighted by molar-refractivity contribution is 5.74. The number of aliphatic hydroxyl groups excluding tert-OH is 1. The molecule has 5 heteroatoms. The SMILES string of the molecule is CC(C)(C)OCc1cccc(CNC(=O)N2CCC(CO)CC2)c1. The Kier molecular flexibility index (Phi) is 6.63. The summed E-state index contributed by atoms with van der Waals surface area (Å²) in [6.07, 6.45) is 1.76. The molecule has 134 valence electrons. The molecule has 0 spiro atoms. The molecule has 1 saturated heterocycles. The Balaban J connectivity index is 1.80. The molecule has 2 amide bonds. The first-order chi connectivity index (χ1) is 11.4. The molecule has 1 aliphatic heterocycles. The fourth-order valence-electron chi connectivity index (χ4n) is 2.74. The first-order valence-electron chi connectivity index (χ1n) is 8.73. The molecule has 1 heterocycles. The van der Waals surface area contributed by atoms with E-state index in [9.17, 15) is 4.79 Å². The van der Waals surface area contributed by atoms with E-state index in [1.807, 2.05) is 43.9 Å². The molecule has 2 rings (SSSR count). The van der Waals surface area contributed by atoms with Crippen molar-refractivity contribution in [1.82, 2.24) is 10.2 Å². The van der Waals surface area contributed by atoms with Gasteiger partial charge in [0.1, 0.15) is 0 Å². The van der Waals surface area contributed by atoms with Crippen LogP contribution in [0, 0.1) is 5.92 Å². The van der Waals surface area contributed by atoms with Gasteiger partial charge in [-0.2, -0.15) is 0 Å². The Hall–Kier alpha value is -1.59. The number of hydrogen-bond donors (Lipinski definition) is 2. The van der Waals surface area contributed by atoms with Crippen molar-refractivity contribution in [3.63, 3.8) is 0 Å². The molecule has 1 aromatic carbocycles. The summed E-state index contributed by atoms with van der Waals surface area (Å²) >= 11 is 0. The van der Waals surface area contributed by atoms with Crippen LogP contribution in [0.25, 0.3) is 0 Å². The minimum absolute atomic E-state index is 0.0252. The summed E-state index contributed by atoms with van der Waals surface area (Å²) in [5, 5.41) is 12.1. The first kappa shape index (κ1) is 18.7.